The standard InChI is InChI=1S/C10H18N2O7.C6H9NO6/c13-4-3-11(5-8(14)15)1-2-12(6-9(16)17)7-10(18)19;8-4(9)1-7(2-5(10)11)3-6(12)13/h13H,1-7H2,(H,14,15)(H,16,17)(H,18,19);1-3H2,(H,8,9)(H,10,11)(H,12,13). The maximum absolute atomic E-state index is 10.6. The van der Waals surface area contributed by atoms with Gasteiger partial charge >= 0.3 is 35.8 Å². The normalized spacial score (nSPS) is 10.5. The van der Waals surface area contributed by atoms with Gasteiger partial charge in [0.1, 0.15) is 0 Å². The first-order valence-electron chi connectivity index (χ1n) is 8.85. The van der Waals surface area contributed by atoms with Gasteiger partial charge in [0.15, 0.2) is 0 Å². The molecule has 7 N–H and O–H groups in total. The predicted octanol–water partition coefficient (Wildman–Crippen LogP) is -3.62. The quantitative estimate of drug-likeness (QED) is 0.108. The molecule has 0 heterocycles. The van der Waals surface area contributed by atoms with Crippen LogP contribution in [0.3, 0.4) is 0 Å². The second kappa shape index (κ2) is 17.4. The van der Waals surface area contributed by atoms with Gasteiger partial charge in [-0.2, -0.15) is 0 Å². The highest BCUT2D eigenvalue weighted by Crippen LogP contribution is 1.94. The van der Waals surface area contributed by atoms with Gasteiger partial charge in [0.05, 0.1) is 45.9 Å². The average molecular weight is 469 g/mol. The Bertz CT molecular complexity index is 601. The number of carboxylic acid groups (broad SMARTS) is 6. The Labute approximate surface area is 181 Å². The number of aliphatic carboxylic acids is 6. The first kappa shape index (κ1) is 30.9. The number of hydrogen-bond acceptors (Lipinski definition) is 10. The van der Waals surface area contributed by atoms with E-state index in [2.05, 4.69) is 0 Å². The average Bonchev–Trinajstić information content (AvgIpc) is 2.57. The number of carbonyl (C=O) groups is 6. The number of rotatable bonds is 17. The molecule has 0 aromatic heterocycles. The number of aliphatic hydroxyl groups is 1. The molecule has 184 valence electrons. The zero-order chi connectivity index (χ0) is 25.3. The largest absolute Gasteiger partial charge is 0.480 e. The van der Waals surface area contributed by atoms with Crippen molar-refractivity contribution in [3.05, 3.63) is 0 Å². The molecule has 0 amide bonds. The van der Waals surface area contributed by atoms with E-state index in [1.165, 1.54) is 9.80 Å². The first-order chi connectivity index (χ1) is 14.8. The van der Waals surface area contributed by atoms with Crippen molar-refractivity contribution in [2.45, 2.75) is 0 Å². The van der Waals surface area contributed by atoms with Gasteiger partial charge in [-0.05, 0) is 0 Å². The van der Waals surface area contributed by atoms with Crippen LogP contribution in [0, 0.1) is 0 Å². The molecular weight excluding hydrogens is 442 g/mol. The minimum absolute atomic E-state index is 0.0892. The molecule has 0 aliphatic carbocycles. The number of hydrogen-bond donors (Lipinski definition) is 7. The number of nitrogens with zero attached hydrogens (tertiary/aromatic N) is 3. The molecule has 0 aliphatic rings. The minimum Gasteiger partial charge on any atom is -0.480 e. The molecule has 0 atom stereocenters. The van der Waals surface area contributed by atoms with Crippen LogP contribution in [0.25, 0.3) is 0 Å². The maximum Gasteiger partial charge on any atom is 0.317 e. The maximum atomic E-state index is 10.6. The van der Waals surface area contributed by atoms with E-state index in [1.807, 2.05) is 0 Å². The van der Waals surface area contributed by atoms with E-state index in [-0.39, 0.29) is 32.8 Å². The monoisotopic (exact) mass is 469 g/mol. The zero-order valence-corrected chi connectivity index (χ0v) is 17.0. The molecule has 0 aromatic rings. The molecule has 0 bridgehead atoms. The van der Waals surface area contributed by atoms with Crippen LogP contribution in [0.1, 0.15) is 0 Å². The third kappa shape index (κ3) is 21.4. The lowest BCUT2D eigenvalue weighted by molar-refractivity contribution is -0.146. The van der Waals surface area contributed by atoms with E-state index in [4.69, 9.17) is 35.7 Å². The predicted molar refractivity (Wildman–Crippen MR) is 102 cm³/mol. The van der Waals surface area contributed by atoms with Gasteiger partial charge in [0.25, 0.3) is 0 Å². The van der Waals surface area contributed by atoms with Crippen molar-refractivity contribution in [3.8, 4) is 0 Å². The highest BCUT2D eigenvalue weighted by Gasteiger charge is 2.17. The highest BCUT2D eigenvalue weighted by molar-refractivity contribution is 5.75. The molecule has 0 aromatic carbocycles. The lowest BCUT2D eigenvalue weighted by Gasteiger charge is -2.24. The summed E-state index contributed by atoms with van der Waals surface area (Å²) in [6, 6.07) is 0. The van der Waals surface area contributed by atoms with Crippen LogP contribution < -0.4 is 0 Å². The highest BCUT2D eigenvalue weighted by atomic mass is 16.4. The minimum atomic E-state index is -1.26. The van der Waals surface area contributed by atoms with Crippen molar-refractivity contribution in [2.75, 3.05) is 65.5 Å². The third-order valence-electron chi connectivity index (χ3n) is 3.30. The van der Waals surface area contributed by atoms with Gasteiger partial charge in [0, 0.05) is 19.6 Å². The van der Waals surface area contributed by atoms with Crippen molar-refractivity contribution in [3.63, 3.8) is 0 Å². The topological polar surface area (TPSA) is 254 Å². The lowest BCUT2D eigenvalue weighted by atomic mass is 10.4. The molecule has 32 heavy (non-hydrogen) atoms. The van der Waals surface area contributed by atoms with Gasteiger partial charge in [-0.3, -0.25) is 43.5 Å². The summed E-state index contributed by atoms with van der Waals surface area (Å²) in [6.07, 6.45) is 0. The van der Waals surface area contributed by atoms with Crippen molar-refractivity contribution >= 4 is 35.8 Å². The van der Waals surface area contributed by atoms with Gasteiger partial charge in [-0.15, -0.1) is 0 Å². The van der Waals surface area contributed by atoms with Crippen LogP contribution in [0.15, 0.2) is 0 Å². The second-order valence-corrected chi connectivity index (χ2v) is 6.22. The van der Waals surface area contributed by atoms with Crippen LogP contribution in [0.5, 0.6) is 0 Å². The van der Waals surface area contributed by atoms with E-state index in [1.54, 1.807) is 0 Å². The van der Waals surface area contributed by atoms with Gasteiger partial charge in [-0.1, -0.05) is 0 Å². The summed E-state index contributed by atoms with van der Waals surface area (Å²) < 4.78 is 0. The van der Waals surface area contributed by atoms with Crippen LogP contribution in [-0.4, -0.2) is 152 Å². The fraction of sp³-hybridized carbons (Fsp3) is 0.625. The zero-order valence-electron chi connectivity index (χ0n) is 17.0. The fourth-order valence-electron chi connectivity index (χ4n) is 2.22. The molecule has 0 rings (SSSR count). The van der Waals surface area contributed by atoms with E-state index in [0.29, 0.717) is 0 Å². The third-order valence-corrected chi connectivity index (χ3v) is 3.30. The summed E-state index contributed by atoms with van der Waals surface area (Å²) in [5.41, 5.74) is 0. The summed E-state index contributed by atoms with van der Waals surface area (Å²) in [5.74, 6) is -7.18. The van der Waals surface area contributed by atoms with Crippen LogP contribution in [-0.2, 0) is 28.8 Å². The fourth-order valence-corrected chi connectivity index (χ4v) is 2.22. The van der Waals surface area contributed by atoms with E-state index < -0.39 is 68.5 Å². The molecule has 16 nitrogen and oxygen atoms in total. The van der Waals surface area contributed by atoms with Gasteiger partial charge in [0.2, 0.25) is 0 Å². The van der Waals surface area contributed by atoms with Crippen molar-refractivity contribution in [1.29, 1.82) is 0 Å². The lowest BCUT2D eigenvalue weighted by Crippen LogP contribution is -2.42. The molecule has 16 heteroatoms. The smallest absolute Gasteiger partial charge is 0.317 e. The van der Waals surface area contributed by atoms with Crippen molar-refractivity contribution < 1.29 is 64.5 Å². The molecule has 0 unspecified atom stereocenters. The molecule has 0 fully saturated rings. The Kier molecular flexibility index (Phi) is 16.7. The molecule has 0 radical (unpaired) electrons. The Morgan fingerprint density at radius 1 is 0.406 bits per heavy atom. The number of aliphatic hydroxyl groups excluding tert-OH is 1. The van der Waals surface area contributed by atoms with Crippen molar-refractivity contribution in [1.82, 2.24) is 14.7 Å². The summed E-state index contributed by atoms with van der Waals surface area (Å²) >= 11 is 0. The van der Waals surface area contributed by atoms with Crippen molar-refractivity contribution in [2.24, 2.45) is 0 Å². The van der Waals surface area contributed by atoms with E-state index in [0.717, 1.165) is 4.90 Å². The summed E-state index contributed by atoms with van der Waals surface area (Å²) in [4.78, 5) is 65.5. The SMILES string of the molecule is O=C(O)CN(CC(=O)O)CC(=O)O.O=C(O)CN(CCO)CCN(CC(=O)O)CC(=O)O. The van der Waals surface area contributed by atoms with E-state index >= 15 is 0 Å². The Balaban J connectivity index is 0. The molecular formula is C16H27N3O13. The molecule has 0 saturated carbocycles. The van der Waals surface area contributed by atoms with Crippen LogP contribution in [0.2, 0.25) is 0 Å². The second-order valence-electron chi connectivity index (χ2n) is 6.22. The Morgan fingerprint density at radius 2 is 0.656 bits per heavy atom. The Morgan fingerprint density at radius 3 is 0.938 bits per heavy atom. The Hall–Kier alpha value is -3.34. The van der Waals surface area contributed by atoms with Crippen LogP contribution >= 0.6 is 0 Å². The van der Waals surface area contributed by atoms with E-state index in [9.17, 15) is 28.8 Å². The summed E-state index contributed by atoms with van der Waals surface area (Å²) in [7, 11) is 0. The van der Waals surface area contributed by atoms with Crippen LogP contribution in [0.4, 0.5) is 0 Å². The van der Waals surface area contributed by atoms with Gasteiger partial charge < -0.3 is 35.7 Å². The number of carboxylic acids is 6. The summed E-state index contributed by atoms with van der Waals surface area (Å²) in [6.45, 7) is -2.83. The molecule has 0 aliphatic heterocycles. The first-order valence-corrected chi connectivity index (χ1v) is 8.85. The summed E-state index contributed by atoms with van der Waals surface area (Å²) in [5, 5.41) is 59.5. The molecule has 0 saturated heterocycles. The van der Waals surface area contributed by atoms with Gasteiger partial charge in [-0.25, -0.2) is 0 Å². The molecule has 0 spiro atoms.